The van der Waals surface area contributed by atoms with E-state index in [9.17, 15) is 4.79 Å². The predicted molar refractivity (Wildman–Crippen MR) is 139 cm³/mol. The van der Waals surface area contributed by atoms with Gasteiger partial charge in [-0.1, -0.05) is 64.5 Å². The lowest BCUT2D eigenvalue weighted by molar-refractivity contribution is 0.0973. The minimum absolute atomic E-state index is 0.381. The molecule has 0 fully saturated rings. The number of hydrogen-bond donors (Lipinski definition) is 0. The van der Waals surface area contributed by atoms with Crippen LogP contribution in [0.2, 0.25) is 0 Å². The van der Waals surface area contributed by atoms with Gasteiger partial charge in [-0.15, -0.1) is 0 Å². The highest BCUT2D eigenvalue weighted by Gasteiger charge is 2.08. The Morgan fingerprint density at radius 1 is 0.657 bits per heavy atom. The first-order valence-corrected chi connectivity index (χ1v) is 12.7. The number of carbonyl (C=O) groups is 1. The van der Waals surface area contributed by atoms with Crippen LogP contribution in [0.4, 0.5) is 4.79 Å². The minimum atomic E-state index is -0.678. The standard InChI is InChI=1S/C29H36N2O4/c1-3-5-7-9-19-33-26-15-11-23(12-16-26)25-21-30-28(31-22-25)24-13-17-27(18-14-24)35-29(32)34-20-10-8-6-4-2/h11-18,21-22H,3-10,19-20H2,1-2H3. The number of unbranched alkanes of at least 4 members (excludes halogenated alkanes) is 6. The molecule has 0 saturated heterocycles. The quantitative estimate of drug-likeness (QED) is 0.134. The van der Waals surface area contributed by atoms with Crippen LogP contribution in [0.15, 0.2) is 60.9 Å². The summed E-state index contributed by atoms with van der Waals surface area (Å²) < 4.78 is 16.2. The fraction of sp³-hybridized carbons (Fsp3) is 0.414. The van der Waals surface area contributed by atoms with Crippen LogP contribution in [0.25, 0.3) is 22.5 Å². The van der Waals surface area contributed by atoms with Gasteiger partial charge in [0.05, 0.1) is 13.2 Å². The van der Waals surface area contributed by atoms with Gasteiger partial charge in [-0.3, -0.25) is 0 Å². The third-order valence-electron chi connectivity index (χ3n) is 5.64. The third kappa shape index (κ3) is 9.04. The molecule has 0 atom stereocenters. The molecule has 0 spiro atoms. The largest absolute Gasteiger partial charge is 0.513 e. The molecule has 0 unspecified atom stereocenters. The molecule has 6 heteroatoms. The second-order valence-electron chi connectivity index (χ2n) is 8.51. The first-order chi connectivity index (χ1) is 17.2. The zero-order valence-corrected chi connectivity index (χ0v) is 20.9. The summed E-state index contributed by atoms with van der Waals surface area (Å²) in [5.74, 6) is 1.91. The highest BCUT2D eigenvalue weighted by atomic mass is 16.7. The number of benzene rings is 2. The molecule has 0 aliphatic heterocycles. The SMILES string of the molecule is CCCCCCOC(=O)Oc1ccc(-c2ncc(-c3ccc(OCCCCCC)cc3)cn2)cc1. The molecule has 6 nitrogen and oxygen atoms in total. The molecule has 0 bridgehead atoms. The van der Waals surface area contributed by atoms with E-state index >= 15 is 0 Å². The minimum Gasteiger partial charge on any atom is -0.494 e. The Morgan fingerprint density at radius 2 is 1.23 bits per heavy atom. The van der Waals surface area contributed by atoms with Crippen LogP contribution in [0.3, 0.4) is 0 Å². The lowest BCUT2D eigenvalue weighted by Crippen LogP contribution is -2.11. The summed E-state index contributed by atoms with van der Waals surface area (Å²) in [6.07, 6.45) is 11.9. The van der Waals surface area contributed by atoms with Crippen LogP contribution in [0.5, 0.6) is 11.5 Å². The summed E-state index contributed by atoms with van der Waals surface area (Å²) in [6.45, 7) is 5.48. The summed E-state index contributed by atoms with van der Waals surface area (Å²) in [5, 5.41) is 0. The summed E-state index contributed by atoms with van der Waals surface area (Å²) in [6, 6.07) is 15.1. The normalized spacial score (nSPS) is 10.7. The maximum absolute atomic E-state index is 11.8. The second kappa shape index (κ2) is 14.8. The first-order valence-electron chi connectivity index (χ1n) is 12.7. The molecule has 1 aromatic heterocycles. The average molecular weight is 477 g/mol. The van der Waals surface area contributed by atoms with Gasteiger partial charge in [-0.2, -0.15) is 0 Å². The first kappa shape index (κ1) is 26.2. The number of nitrogens with zero attached hydrogens (tertiary/aromatic N) is 2. The fourth-order valence-electron chi connectivity index (χ4n) is 3.57. The van der Waals surface area contributed by atoms with Crippen LogP contribution in [-0.4, -0.2) is 29.3 Å². The molecule has 1 heterocycles. The molecular formula is C29H36N2O4. The molecular weight excluding hydrogens is 440 g/mol. The molecule has 0 aliphatic rings. The smallest absolute Gasteiger partial charge is 0.494 e. The van der Waals surface area contributed by atoms with Gasteiger partial charge in [0.15, 0.2) is 5.82 Å². The van der Waals surface area contributed by atoms with E-state index in [4.69, 9.17) is 14.2 Å². The van der Waals surface area contributed by atoms with Crippen LogP contribution >= 0.6 is 0 Å². The lowest BCUT2D eigenvalue weighted by Gasteiger charge is -2.08. The fourth-order valence-corrected chi connectivity index (χ4v) is 3.57. The molecule has 35 heavy (non-hydrogen) atoms. The van der Waals surface area contributed by atoms with Gasteiger partial charge >= 0.3 is 6.16 Å². The molecule has 186 valence electrons. The van der Waals surface area contributed by atoms with Gasteiger partial charge in [0.2, 0.25) is 0 Å². The Bertz CT molecular complexity index is 1000. The molecule has 0 saturated carbocycles. The van der Waals surface area contributed by atoms with Crippen molar-refractivity contribution in [2.45, 2.75) is 65.2 Å². The van der Waals surface area contributed by atoms with Crippen molar-refractivity contribution in [3.05, 3.63) is 60.9 Å². The Morgan fingerprint density at radius 3 is 1.86 bits per heavy atom. The number of hydrogen-bond acceptors (Lipinski definition) is 6. The van der Waals surface area contributed by atoms with Crippen molar-refractivity contribution < 1.29 is 19.0 Å². The number of aromatic nitrogens is 2. The predicted octanol–water partition coefficient (Wildman–Crippen LogP) is 7.87. The lowest BCUT2D eigenvalue weighted by atomic mass is 10.1. The number of ether oxygens (including phenoxy) is 3. The molecule has 0 amide bonds. The molecule has 3 aromatic rings. The van der Waals surface area contributed by atoms with Crippen molar-refractivity contribution in [3.63, 3.8) is 0 Å². The molecule has 0 aliphatic carbocycles. The van der Waals surface area contributed by atoms with E-state index in [2.05, 4.69) is 23.8 Å². The van der Waals surface area contributed by atoms with E-state index in [1.165, 1.54) is 19.3 Å². The van der Waals surface area contributed by atoms with Crippen LogP contribution < -0.4 is 9.47 Å². The van der Waals surface area contributed by atoms with Crippen LogP contribution in [-0.2, 0) is 4.74 Å². The Labute approximate surface area is 208 Å². The second-order valence-corrected chi connectivity index (χ2v) is 8.51. The zero-order valence-electron chi connectivity index (χ0n) is 20.9. The van der Waals surface area contributed by atoms with Crippen molar-refractivity contribution in [1.82, 2.24) is 9.97 Å². The number of rotatable bonds is 14. The summed E-state index contributed by atoms with van der Waals surface area (Å²) in [7, 11) is 0. The van der Waals surface area contributed by atoms with Gasteiger partial charge in [-0.25, -0.2) is 14.8 Å². The summed E-state index contributed by atoms with van der Waals surface area (Å²) in [5.41, 5.74) is 2.81. The van der Waals surface area contributed by atoms with E-state index < -0.39 is 6.16 Å². The topological polar surface area (TPSA) is 70.5 Å². The van der Waals surface area contributed by atoms with E-state index in [-0.39, 0.29) is 0 Å². The van der Waals surface area contributed by atoms with E-state index in [0.29, 0.717) is 18.2 Å². The van der Waals surface area contributed by atoms with E-state index in [1.807, 2.05) is 48.8 Å². The van der Waals surface area contributed by atoms with Crippen molar-refractivity contribution in [2.24, 2.45) is 0 Å². The molecule has 3 rings (SSSR count). The van der Waals surface area contributed by atoms with Gasteiger partial charge in [-0.05, 0) is 54.8 Å². The Balaban J connectivity index is 1.49. The summed E-state index contributed by atoms with van der Waals surface area (Å²) >= 11 is 0. The maximum atomic E-state index is 11.8. The van der Waals surface area contributed by atoms with Crippen LogP contribution in [0, 0.1) is 0 Å². The molecule has 0 radical (unpaired) electrons. The monoisotopic (exact) mass is 476 g/mol. The highest BCUT2D eigenvalue weighted by molar-refractivity contribution is 5.66. The average Bonchev–Trinajstić information content (AvgIpc) is 2.89. The van der Waals surface area contributed by atoms with E-state index in [0.717, 1.165) is 61.2 Å². The van der Waals surface area contributed by atoms with Crippen molar-refractivity contribution in [2.75, 3.05) is 13.2 Å². The zero-order chi connectivity index (χ0) is 24.7. The molecule has 2 aromatic carbocycles. The number of carbonyl (C=O) groups excluding carboxylic acids is 1. The van der Waals surface area contributed by atoms with Gasteiger partial charge in [0.25, 0.3) is 0 Å². The Kier molecular flexibility index (Phi) is 11.1. The van der Waals surface area contributed by atoms with Gasteiger partial charge in [0, 0.05) is 23.5 Å². The van der Waals surface area contributed by atoms with E-state index in [1.54, 1.807) is 12.1 Å². The summed E-state index contributed by atoms with van der Waals surface area (Å²) in [4.78, 5) is 20.8. The maximum Gasteiger partial charge on any atom is 0.513 e. The van der Waals surface area contributed by atoms with Gasteiger partial charge in [0.1, 0.15) is 11.5 Å². The Hall–Kier alpha value is -3.41. The molecule has 0 N–H and O–H groups in total. The highest BCUT2D eigenvalue weighted by Crippen LogP contribution is 2.24. The van der Waals surface area contributed by atoms with Crippen LogP contribution in [0.1, 0.15) is 65.2 Å². The third-order valence-corrected chi connectivity index (χ3v) is 5.64. The van der Waals surface area contributed by atoms with Crippen molar-refractivity contribution >= 4 is 6.16 Å². The van der Waals surface area contributed by atoms with Gasteiger partial charge < -0.3 is 14.2 Å². The van der Waals surface area contributed by atoms with Crippen molar-refractivity contribution in [3.8, 4) is 34.0 Å². The van der Waals surface area contributed by atoms with Crippen molar-refractivity contribution in [1.29, 1.82) is 0 Å².